The Morgan fingerprint density at radius 3 is 2.41 bits per heavy atom. The van der Waals surface area contributed by atoms with Crippen LogP contribution in [0, 0.1) is 6.92 Å². The molecule has 1 aliphatic rings. The van der Waals surface area contributed by atoms with Gasteiger partial charge in [0.1, 0.15) is 0 Å². The fourth-order valence-electron chi connectivity index (χ4n) is 3.36. The third kappa shape index (κ3) is 4.31. The predicted molar refractivity (Wildman–Crippen MR) is 106 cm³/mol. The molecule has 3 aromatic rings. The summed E-state index contributed by atoms with van der Waals surface area (Å²) in [4.78, 5) is 26.0. The van der Waals surface area contributed by atoms with Crippen molar-refractivity contribution in [2.75, 3.05) is 6.54 Å². The standard InChI is InChI=1S/C21H22N6O2/c1-15-23-24-25-27(15)19-10-8-18(9-11-19)21(29)22-13-16-4-6-17(7-5-16)14-26-12-2-3-20(26)28/h4-11H,2-3,12-14H2,1H3,(H,22,29). The molecule has 4 rings (SSSR count). The van der Waals surface area contributed by atoms with Gasteiger partial charge in [0.2, 0.25) is 5.91 Å². The number of benzene rings is 2. The van der Waals surface area contributed by atoms with E-state index in [4.69, 9.17) is 0 Å². The van der Waals surface area contributed by atoms with E-state index in [2.05, 4.69) is 20.8 Å². The molecule has 0 spiro atoms. The Hall–Kier alpha value is -3.55. The highest BCUT2D eigenvalue weighted by molar-refractivity contribution is 5.94. The lowest BCUT2D eigenvalue weighted by molar-refractivity contribution is -0.128. The number of aryl methyl sites for hydroxylation is 1. The first-order valence-electron chi connectivity index (χ1n) is 9.59. The molecule has 1 aliphatic heterocycles. The smallest absolute Gasteiger partial charge is 0.251 e. The minimum atomic E-state index is -0.142. The summed E-state index contributed by atoms with van der Waals surface area (Å²) in [6, 6.07) is 15.1. The lowest BCUT2D eigenvalue weighted by atomic mass is 10.1. The summed E-state index contributed by atoms with van der Waals surface area (Å²) < 4.78 is 1.61. The van der Waals surface area contributed by atoms with Crippen LogP contribution in [0.4, 0.5) is 0 Å². The van der Waals surface area contributed by atoms with Gasteiger partial charge < -0.3 is 10.2 Å². The summed E-state index contributed by atoms with van der Waals surface area (Å²) in [7, 11) is 0. The van der Waals surface area contributed by atoms with Crippen molar-refractivity contribution in [3.05, 3.63) is 71.0 Å². The maximum Gasteiger partial charge on any atom is 0.251 e. The van der Waals surface area contributed by atoms with E-state index in [-0.39, 0.29) is 11.8 Å². The van der Waals surface area contributed by atoms with Gasteiger partial charge in [-0.2, -0.15) is 4.68 Å². The van der Waals surface area contributed by atoms with Crippen molar-refractivity contribution in [2.45, 2.75) is 32.9 Å². The molecule has 0 atom stereocenters. The number of carbonyl (C=O) groups is 2. The predicted octanol–water partition coefficient (Wildman–Crippen LogP) is 2.02. The number of likely N-dealkylation sites (tertiary alicyclic amines) is 1. The summed E-state index contributed by atoms with van der Waals surface area (Å²) in [6.45, 7) is 3.74. The number of rotatable bonds is 6. The Morgan fingerprint density at radius 2 is 1.79 bits per heavy atom. The first kappa shape index (κ1) is 18.8. The fraction of sp³-hybridized carbons (Fsp3) is 0.286. The quantitative estimate of drug-likeness (QED) is 0.695. The van der Waals surface area contributed by atoms with Gasteiger partial charge in [0.05, 0.1) is 5.69 Å². The van der Waals surface area contributed by atoms with Crippen LogP contribution >= 0.6 is 0 Å². The zero-order valence-corrected chi connectivity index (χ0v) is 16.2. The van der Waals surface area contributed by atoms with E-state index in [9.17, 15) is 9.59 Å². The highest BCUT2D eigenvalue weighted by atomic mass is 16.2. The summed E-state index contributed by atoms with van der Waals surface area (Å²) in [5.41, 5.74) is 3.49. The average Bonchev–Trinajstić information content (AvgIpc) is 3.35. The Kier molecular flexibility index (Phi) is 5.33. The maximum absolute atomic E-state index is 12.4. The molecule has 1 aromatic heterocycles. The first-order chi connectivity index (χ1) is 14.1. The second kappa shape index (κ2) is 8.22. The summed E-state index contributed by atoms with van der Waals surface area (Å²) in [5, 5.41) is 14.3. The molecule has 0 unspecified atom stereocenters. The number of amides is 2. The van der Waals surface area contributed by atoms with Gasteiger partial charge in [0, 0.05) is 31.6 Å². The highest BCUT2D eigenvalue weighted by Crippen LogP contribution is 2.15. The van der Waals surface area contributed by atoms with E-state index >= 15 is 0 Å². The van der Waals surface area contributed by atoms with Gasteiger partial charge in [-0.25, -0.2) is 0 Å². The van der Waals surface area contributed by atoms with Crippen molar-refractivity contribution in [1.82, 2.24) is 30.4 Å². The van der Waals surface area contributed by atoms with Crippen molar-refractivity contribution in [3.63, 3.8) is 0 Å². The number of carbonyl (C=O) groups excluding carboxylic acids is 2. The van der Waals surface area contributed by atoms with Crippen LogP contribution in [0.2, 0.25) is 0 Å². The monoisotopic (exact) mass is 390 g/mol. The number of tetrazole rings is 1. The highest BCUT2D eigenvalue weighted by Gasteiger charge is 2.19. The van der Waals surface area contributed by atoms with E-state index in [1.807, 2.05) is 48.2 Å². The Bertz CT molecular complexity index is 1010. The third-order valence-electron chi connectivity index (χ3n) is 5.02. The lowest BCUT2D eigenvalue weighted by Gasteiger charge is -2.15. The van der Waals surface area contributed by atoms with Crippen LogP contribution in [0.15, 0.2) is 48.5 Å². The van der Waals surface area contributed by atoms with Crippen LogP contribution in [0.3, 0.4) is 0 Å². The minimum Gasteiger partial charge on any atom is -0.348 e. The molecule has 2 heterocycles. The normalized spacial score (nSPS) is 13.7. The van der Waals surface area contributed by atoms with Crippen LogP contribution in [0.1, 0.15) is 40.2 Å². The van der Waals surface area contributed by atoms with Crippen LogP contribution < -0.4 is 5.32 Å². The second-order valence-electron chi connectivity index (χ2n) is 7.10. The van der Waals surface area contributed by atoms with Gasteiger partial charge >= 0.3 is 0 Å². The van der Waals surface area contributed by atoms with E-state index < -0.39 is 0 Å². The molecule has 1 saturated heterocycles. The van der Waals surface area contributed by atoms with Crippen LogP contribution in [-0.4, -0.2) is 43.5 Å². The molecule has 0 radical (unpaired) electrons. The number of aromatic nitrogens is 4. The number of hydrogen-bond donors (Lipinski definition) is 1. The molecule has 1 fully saturated rings. The van der Waals surface area contributed by atoms with E-state index in [1.165, 1.54) is 0 Å². The zero-order valence-electron chi connectivity index (χ0n) is 16.2. The largest absolute Gasteiger partial charge is 0.348 e. The topological polar surface area (TPSA) is 93.0 Å². The maximum atomic E-state index is 12.4. The number of hydrogen-bond acceptors (Lipinski definition) is 5. The van der Waals surface area contributed by atoms with Crippen LogP contribution in [0.5, 0.6) is 0 Å². The summed E-state index contributed by atoms with van der Waals surface area (Å²) in [5.74, 6) is 0.763. The van der Waals surface area contributed by atoms with E-state index in [0.717, 1.165) is 29.8 Å². The number of nitrogens with one attached hydrogen (secondary N) is 1. The van der Waals surface area contributed by atoms with E-state index in [1.54, 1.807) is 16.8 Å². The minimum absolute atomic E-state index is 0.142. The molecule has 0 aliphatic carbocycles. The van der Waals surface area contributed by atoms with Crippen LogP contribution in [-0.2, 0) is 17.9 Å². The van der Waals surface area contributed by atoms with Gasteiger partial charge in [-0.3, -0.25) is 9.59 Å². The fourth-order valence-corrected chi connectivity index (χ4v) is 3.36. The van der Waals surface area contributed by atoms with Crippen molar-refractivity contribution in [3.8, 4) is 5.69 Å². The van der Waals surface area contributed by atoms with Crippen molar-refractivity contribution < 1.29 is 9.59 Å². The summed E-state index contributed by atoms with van der Waals surface area (Å²) in [6.07, 6.45) is 1.60. The molecule has 148 valence electrons. The zero-order chi connectivity index (χ0) is 20.2. The molecular weight excluding hydrogens is 368 g/mol. The van der Waals surface area contributed by atoms with Gasteiger partial charge in [0.15, 0.2) is 5.82 Å². The third-order valence-corrected chi connectivity index (χ3v) is 5.02. The lowest BCUT2D eigenvalue weighted by Crippen LogP contribution is -2.24. The molecular formula is C21H22N6O2. The molecule has 0 bridgehead atoms. The van der Waals surface area contributed by atoms with Crippen molar-refractivity contribution >= 4 is 11.8 Å². The Labute approximate surface area is 168 Å². The molecule has 2 amide bonds. The molecule has 0 saturated carbocycles. The number of nitrogens with zero attached hydrogens (tertiary/aromatic N) is 5. The van der Waals surface area contributed by atoms with Gasteiger partial charge in [-0.05, 0) is 59.2 Å². The SMILES string of the molecule is Cc1nnnn1-c1ccc(C(=O)NCc2ccc(CN3CCCC3=O)cc2)cc1. The average molecular weight is 390 g/mol. The molecule has 2 aromatic carbocycles. The molecule has 8 nitrogen and oxygen atoms in total. The Morgan fingerprint density at radius 1 is 1.07 bits per heavy atom. The van der Waals surface area contributed by atoms with Gasteiger partial charge in [-0.15, -0.1) is 5.10 Å². The van der Waals surface area contributed by atoms with E-state index in [0.29, 0.717) is 30.9 Å². The van der Waals surface area contributed by atoms with Gasteiger partial charge in [0.25, 0.3) is 5.91 Å². The van der Waals surface area contributed by atoms with Crippen molar-refractivity contribution in [2.24, 2.45) is 0 Å². The molecule has 8 heteroatoms. The molecule has 29 heavy (non-hydrogen) atoms. The van der Waals surface area contributed by atoms with Crippen LogP contribution in [0.25, 0.3) is 5.69 Å². The molecule has 1 N–H and O–H groups in total. The second-order valence-corrected chi connectivity index (χ2v) is 7.10. The summed E-state index contributed by atoms with van der Waals surface area (Å²) >= 11 is 0. The van der Waals surface area contributed by atoms with Gasteiger partial charge in [-0.1, -0.05) is 24.3 Å². The Balaban J connectivity index is 1.32. The first-order valence-corrected chi connectivity index (χ1v) is 9.59. The van der Waals surface area contributed by atoms with Crippen molar-refractivity contribution in [1.29, 1.82) is 0 Å².